The van der Waals surface area contributed by atoms with Crippen LogP contribution in [0.4, 0.5) is 0 Å². The Kier molecular flexibility index (Phi) is 6.40. The summed E-state index contributed by atoms with van der Waals surface area (Å²) in [5.41, 5.74) is 0. The first kappa shape index (κ1) is 14.0. The van der Waals surface area contributed by atoms with Gasteiger partial charge in [0.15, 0.2) is 0 Å². The van der Waals surface area contributed by atoms with E-state index in [-0.39, 0.29) is 5.91 Å². The molecule has 1 aliphatic carbocycles. The van der Waals surface area contributed by atoms with Crippen molar-refractivity contribution in [2.24, 2.45) is 11.8 Å². The van der Waals surface area contributed by atoms with Gasteiger partial charge >= 0.3 is 0 Å². The highest BCUT2D eigenvalue weighted by Gasteiger charge is 2.21. The third-order valence-corrected chi connectivity index (χ3v) is 3.98. The van der Waals surface area contributed by atoms with Gasteiger partial charge in [-0.15, -0.1) is 0 Å². The Morgan fingerprint density at radius 3 is 2.50 bits per heavy atom. The molecule has 1 aliphatic rings. The fourth-order valence-corrected chi connectivity index (χ4v) is 2.93. The Balaban J connectivity index is 2.29. The molecule has 1 N–H and O–H groups in total. The number of halogens is 1. The van der Waals surface area contributed by atoms with Crippen molar-refractivity contribution >= 4 is 21.8 Å². The van der Waals surface area contributed by atoms with Crippen LogP contribution < -0.4 is 5.32 Å². The van der Waals surface area contributed by atoms with Crippen molar-refractivity contribution in [3.05, 3.63) is 0 Å². The van der Waals surface area contributed by atoms with Crippen molar-refractivity contribution in [1.29, 1.82) is 0 Å². The lowest BCUT2D eigenvalue weighted by Gasteiger charge is -2.22. The predicted octanol–water partition coefficient (Wildman–Crippen LogP) is 3.49. The van der Waals surface area contributed by atoms with E-state index in [4.69, 9.17) is 0 Å². The normalized spacial score (nSPS) is 19.0. The highest BCUT2D eigenvalue weighted by molar-refractivity contribution is 9.09. The minimum Gasteiger partial charge on any atom is -0.353 e. The molecule has 0 bridgehead atoms. The van der Waals surface area contributed by atoms with E-state index in [0.717, 1.165) is 18.2 Å². The van der Waals surface area contributed by atoms with Gasteiger partial charge < -0.3 is 5.32 Å². The maximum atomic E-state index is 11.9. The van der Waals surface area contributed by atoms with Crippen molar-refractivity contribution in [2.45, 2.75) is 58.4 Å². The third kappa shape index (κ3) is 4.86. The van der Waals surface area contributed by atoms with E-state index >= 15 is 0 Å². The summed E-state index contributed by atoms with van der Waals surface area (Å²) in [7, 11) is 0. The third-order valence-electron chi connectivity index (χ3n) is 3.52. The second-order valence-corrected chi connectivity index (χ2v) is 6.04. The van der Waals surface area contributed by atoms with Gasteiger partial charge in [-0.2, -0.15) is 0 Å². The molecule has 0 spiro atoms. The van der Waals surface area contributed by atoms with Crippen LogP contribution >= 0.6 is 15.9 Å². The zero-order valence-electron chi connectivity index (χ0n) is 10.5. The number of carbonyl (C=O) groups excluding carboxylic acids is 1. The molecule has 1 amide bonds. The van der Waals surface area contributed by atoms with E-state index in [2.05, 4.69) is 35.1 Å². The lowest BCUT2D eigenvalue weighted by atomic mass is 9.99. The number of hydrogen-bond donors (Lipinski definition) is 1. The molecule has 0 saturated heterocycles. The van der Waals surface area contributed by atoms with Crippen LogP contribution in [0.25, 0.3) is 0 Å². The average molecular weight is 290 g/mol. The molecule has 16 heavy (non-hydrogen) atoms. The monoisotopic (exact) mass is 289 g/mol. The first-order chi connectivity index (χ1) is 7.63. The summed E-state index contributed by atoms with van der Waals surface area (Å²) in [6.07, 6.45) is 6.88. The van der Waals surface area contributed by atoms with Gasteiger partial charge in [0.05, 0.1) is 0 Å². The molecule has 1 saturated carbocycles. The van der Waals surface area contributed by atoms with Crippen LogP contribution in [0.3, 0.4) is 0 Å². The fourth-order valence-electron chi connectivity index (χ4n) is 2.43. The minimum absolute atomic E-state index is 0.256. The molecule has 0 radical (unpaired) electrons. The molecule has 3 heteroatoms. The van der Waals surface area contributed by atoms with Gasteiger partial charge in [-0.1, -0.05) is 42.6 Å². The van der Waals surface area contributed by atoms with Crippen molar-refractivity contribution in [3.63, 3.8) is 0 Å². The van der Waals surface area contributed by atoms with Crippen molar-refractivity contribution in [3.8, 4) is 0 Å². The standard InChI is InChI=1S/C13H24BrNO/c1-10(2)12(7-8-14)15-13(16)9-11-5-3-4-6-11/h10-12H,3-9H2,1-2H3,(H,15,16). The van der Waals surface area contributed by atoms with Crippen LogP contribution in [-0.2, 0) is 4.79 Å². The minimum atomic E-state index is 0.256. The average Bonchev–Trinajstić information content (AvgIpc) is 2.69. The molecule has 94 valence electrons. The van der Waals surface area contributed by atoms with Gasteiger partial charge in [-0.05, 0) is 31.1 Å². The number of amides is 1. The van der Waals surface area contributed by atoms with E-state index in [0.29, 0.717) is 17.9 Å². The van der Waals surface area contributed by atoms with Crippen LogP contribution in [0.1, 0.15) is 52.4 Å². The zero-order chi connectivity index (χ0) is 12.0. The number of carbonyl (C=O) groups is 1. The van der Waals surface area contributed by atoms with Crippen LogP contribution in [0.2, 0.25) is 0 Å². The quantitative estimate of drug-likeness (QED) is 0.745. The van der Waals surface area contributed by atoms with Gasteiger partial charge in [0, 0.05) is 17.8 Å². The number of alkyl halides is 1. The summed E-state index contributed by atoms with van der Waals surface area (Å²) in [5.74, 6) is 1.42. The van der Waals surface area contributed by atoms with E-state index in [1.165, 1.54) is 25.7 Å². The predicted molar refractivity (Wildman–Crippen MR) is 71.8 cm³/mol. The summed E-state index contributed by atoms with van der Waals surface area (Å²) in [6.45, 7) is 4.34. The van der Waals surface area contributed by atoms with Crippen molar-refractivity contribution in [2.75, 3.05) is 5.33 Å². The molecule has 2 nitrogen and oxygen atoms in total. The van der Waals surface area contributed by atoms with Crippen LogP contribution in [-0.4, -0.2) is 17.3 Å². The highest BCUT2D eigenvalue weighted by Crippen LogP contribution is 2.27. The smallest absolute Gasteiger partial charge is 0.220 e. The lowest BCUT2D eigenvalue weighted by molar-refractivity contribution is -0.123. The van der Waals surface area contributed by atoms with Crippen LogP contribution in [0, 0.1) is 11.8 Å². The van der Waals surface area contributed by atoms with Gasteiger partial charge in [-0.3, -0.25) is 4.79 Å². The van der Waals surface area contributed by atoms with Crippen LogP contribution in [0.5, 0.6) is 0 Å². The molecule has 0 aromatic carbocycles. The van der Waals surface area contributed by atoms with E-state index in [9.17, 15) is 4.79 Å². The Bertz CT molecular complexity index is 212. The maximum absolute atomic E-state index is 11.9. The molecular weight excluding hydrogens is 266 g/mol. The lowest BCUT2D eigenvalue weighted by Crippen LogP contribution is -2.39. The second kappa shape index (κ2) is 7.31. The molecule has 0 aromatic rings. The molecule has 0 heterocycles. The Morgan fingerprint density at radius 2 is 2.00 bits per heavy atom. The Labute approximate surface area is 108 Å². The second-order valence-electron chi connectivity index (χ2n) is 5.25. The molecule has 1 unspecified atom stereocenters. The number of hydrogen-bond acceptors (Lipinski definition) is 1. The van der Waals surface area contributed by atoms with E-state index in [1.807, 2.05) is 0 Å². The summed E-state index contributed by atoms with van der Waals surface area (Å²) >= 11 is 3.45. The van der Waals surface area contributed by atoms with E-state index in [1.54, 1.807) is 0 Å². The number of nitrogens with one attached hydrogen (secondary N) is 1. The summed E-state index contributed by atoms with van der Waals surface area (Å²) < 4.78 is 0. The van der Waals surface area contributed by atoms with E-state index < -0.39 is 0 Å². The molecule has 1 rings (SSSR count). The molecule has 0 aromatic heterocycles. The van der Waals surface area contributed by atoms with Gasteiger partial charge in [0.2, 0.25) is 5.91 Å². The molecule has 1 fully saturated rings. The SMILES string of the molecule is CC(C)C(CCBr)NC(=O)CC1CCCC1. The van der Waals surface area contributed by atoms with Gasteiger partial charge in [0.1, 0.15) is 0 Å². The largest absolute Gasteiger partial charge is 0.353 e. The Hall–Kier alpha value is -0.0500. The first-order valence-corrected chi connectivity index (χ1v) is 7.61. The number of rotatable bonds is 6. The molecular formula is C13H24BrNO. The Morgan fingerprint density at radius 1 is 1.38 bits per heavy atom. The summed E-state index contributed by atoms with van der Waals surface area (Å²) in [6, 6.07) is 0.327. The van der Waals surface area contributed by atoms with Crippen LogP contribution in [0.15, 0.2) is 0 Å². The molecule has 0 aliphatic heterocycles. The summed E-state index contributed by atoms with van der Waals surface area (Å²) in [5, 5.41) is 4.13. The molecule has 1 atom stereocenters. The topological polar surface area (TPSA) is 29.1 Å². The van der Waals surface area contributed by atoms with Gasteiger partial charge in [0.25, 0.3) is 0 Å². The van der Waals surface area contributed by atoms with Crippen molar-refractivity contribution in [1.82, 2.24) is 5.32 Å². The maximum Gasteiger partial charge on any atom is 0.220 e. The van der Waals surface area contributed by atoms with Gasteiger partial charge in [-0.25, -0.2) is 0 Å². The summed E-state index contributed by atoms with van der Waals surface area (Å²) in [4.78, 5) is 11.9. The zero-order valence-corrected chi connectivity index (χ0v) is 12.1. The highest BCUT2D eigenvalue weighted by atomic mass is 79.9. The fraction of sp³-hybridized carbons (Fsp3) is 0.923. The van der Waals surface area contributed by atoms with Crippen molar-refractivity contribution < 1.29 is 4.79 Å². The first-order valence-electron chi connectivity index (χ1n) is 6.48.